The number of carboxylic acid groups (broad SMARTS) is 2. The second kappa shape index (κ2) is 48.3. The highest BCUT2D eigenvalue weighted by Gasteiger charge is 2.25. The lowest BCUT2D eigenvalue weighted by atomic mass is 10.2. The first-order chi connectivity index (χ1) is 55.3. The summed E-state index contributed by atoms with van der Waals surface area (Å²) in [6.45, 7) is 38.5. The van der Waals surface area contributed by atoms with E-state index in [1.54, 1.807) is 66.4 Å². The third-order valence-electron chi connectivity index (χ3n) is 18.8. The predicted octanol–water partition coefficient (Wildman–Crippen LogP) is 3.97. The van der Waals surface area contributed by atoms with E-state index in [-0.39, 0.29) is 37.1 Å². The Morgan fingerprint density at radius 1 is 0.365 bits per heavy atom. The molecule has 0 atom stereocenters. The number of aromatic carboxylic acids is 2. The van der Waals surface area contributed by atoms with E-state index >= 15 is 0 Å². The Morgan fingerprint density at radius 2 is 0.600 bits per heavy atom. The van der Waals surface area contributed by atoms with E-state index in [0.717, 1.165) is 158 Å². The van der Waals surface area contributed by atoms with Gasteiger partial charge in [-0.2, -0.15) is 0 Å². The number of carbonyl (C=O) groups excluding carboxylic acids is 6. The Labute approximate surface area is 676 Å². The number of rotatable bonds is 26. The zero-order valence-electron chi connectivity index (χ0n) is 69.2. The van der Waals surface area contributed by atoms with Gasteiger partial charge in [0.05, 0.1) is 98.6 Å². The second-order valence-corrected chi connectivity index (χ2v) is 28.5. The van der Waals surface area contributed by atoms with E-state index in [9.17, 15) is 39.0 Å². The van der Waals surface area contributed by atoms with Crippen LogP contribution in [-0.2, 0) is 53.5 Å². The Hall–Kier alpha value is -10.1. The van der Waals surface area contributed by atoms with Gasteiger partial charge in [0.15, 0.2) is 0 Å². The molecule has 115 heavy (non-hydrogen) atoms. The monoisotopic (exact) mass is 1590 g/mol. The van der Waals surface area contributed by atoms with Gasteiger partial charge in [0.2, 0.25) is 0 Å². The van der Waals surface area contributed by atoms with Crippen LogP contribution in [0.3, 0.4) is 0 Å². The smallest absolute Gasteiger partial charge is 0.356 e. The molecule has 3 saturated heterocycles. The fourth-order valence-corrected chi connectivity index (χ4v) is 13.2. The summed E-state index contributed by atoms with van der Waals surface area (Å²) in [6, 6.07) is 25.4. The van der Waals surface area contributed by atoms with Crippen LogP contribution in [0.4, 0.5) is 0 Å². The minimum atomic E-state index is -1.31. The van der Waals surface area contributed by atoms with Gasteiger partial charge >= 0.3 is 17.9 Å². The van der Waals surface area contributed by atoms with Gasteiger partial charge in [0.1, 0.15) is 40.0 Å². The van der Waals surface area contributed by atoms with Crippen molar-refractivity contribution in [2.45, 2.75) is 109 Å². The topological polar surface area (TPSA) is 375 Å². The molecule has 6 aromatic heterocycles. The molecular weight excluding hydrogens is 1470 g/mol. The first kappa shape index (κ1) is 92.1. The van der Waals surface area contributed by atoms with Crippen molar-refractivity contribution < 1.29 is 67.4 Å². The average molecular weight is 1590 g/mol. The summed E-state index contributed by atoms with van der Waals surface area (Å²) < 4.78 is 31.1. The van der Waals surface area contributed by atoms with E-state index in [2.05, 4.69) is 80.6 Å². The summed E-state index contributed by atoms with van der Waals surface area (Å²) in [5.41, 5.74) is 17.4. The van der Waals surface area contributed by atoms with Crippen molar-refractivity contribution in [1.29, 1.82) is 0 Å². The number of carboxylic acids is 2. The minimum Gasteiger partial charge on any atom is -0.543 e. The Balaban J connectivity index is 0.000000251. The lowest BCUT2D eigenvalue weighted by Crippen LogP contribution is -2.36. The quantitative estimate of drug-likeness (QED) is 0.0378. The summed E-state index contributed by atoms with van der Waals surface area (Å²) in [4.78, 5) is 114. The van der Waals surface area contributed by atoms with Gasteiger partial charge in [-0.15, -0.1) is 0 Å². The molecular formula is C84H117N17O14-2. The maximum Gasteiger partial charge on any atom is 0.356 e. The average Bonchev–Trinajstić information content (AvgIpc) is 1.76. The molecule has 1 aromatic carbocycles. The van der Waals surface area contributed by atoms with Gasteiger partial charge in [0, 0.05) is 188 Å². The van der Waals surface area contributed by atoms with Crippen LogP contribution in [0.15, 0.2) is 84.9 Å². The standard InChI is InChI=1S/C36H48N6O6.C32H42N8O5.C10H14O3.C6H15N3/c1-7-46-34(43)31-19-25(4)16-28(37-31)22-40-10-12-41(23-29-17-26(5)20-32(38-29)35(44)47-8-2)14-15-42(13-11-40)24-30-18-27(6)21-33(39-30)36(45)48-9-3;1-21-12-24(35-27(15-21)30(41)34-5-4-33)18-38-6-8-39(19-25-13-22(2)16-28(36-25)31(42)43)10-11-40(9-7-38)20-26-14-23(3)17-29(37-26)32(44)45;1-7-9(12-3)5-8(11-2)6-10(7)13-4;1-2-8-5-6-9-4-3-7-1/h16-21H,7-15,22-24H2,1-6H3;12-17H,4-11,18-20,33H2,1-3H3,(H,34,41)(H,42,43)(H,44,45);5-6H,1-4H3;7-9H,1-6H2/p-2. The van der Waals surface area contributed by atoms with Gasteiger partial charge in [0.25, 0.3) is 5.91 Å². The fourth-order valence-electron chi connectivity index (χ4n) is 13.2. The number of aryl methyl sites for hydroxylation is 6. The highest BCUT2D eigenvalue weighted by molar-refractivity contribution is 5.92. The van der Waals surface area contributed by atoms with E-state index in [0.29, 0.717) is 126 Å². The highest BCUT2D eigenvalue weighted by atomic mass is 16.5. The van der Waals surface area contributed by atoms with Crippen LogP contribution >= 0.6 is 0 Å². The highest BCUT2D eigenvalue weighted by Crippen LogP contribution is 2.33. The van der Waals surface area contributed by atoms with Crippen molar-refractivity contribution in [2.24, 2.45) is 5.73 Å². The van der Waals surface area contributed by atoms with Gasteiger partial charge < -0.3 is 75.2 Å². The van der Waals surface area contributed by atoms with Gasteiger partial charge in [-0.3, -0.25) is 44.2 Å². The molecule has 0 spiro atoms. The molecule has 6 N–H and O–H groups in total. The summed E-state index contributed by atoms with van der Waals surface area (Å²) in [5, 5.41) is 35.7. The van der Waals surface area contributed by atoms with Crippen molar-refractivity contribution in [3.8, 4) is 17.2 Å². The minimum absolute atomic E-state index is 0.0939. The van der Waals surface area contributed by atoms with Gasteiger partial charge in [-0.25, -0.2) is 34.3 Å². The number of benzene rings is 1. The molecule has 31 heteroatoms. The first-order valence-corrected chi connectivity index (χ1v) is 39.3. The molecule has 3 aliphatic rings. The first-order valence-electron chi connectivity index (χ1n) is 39.3. The number of carbonyl (C=O) groups is 6. The van der Waals surface area contributed by atoms with Crippen LogP contribution in [0.5, 0.6) is 17.2 Å². The Morgan fingerprint density at radius 3 is 0.826 bits per heavy atom. The number of aromatic nitrogens is 6. The van der Waals surface area contributed by atoms with Gasteiger partial charge in [-0.1, -0.05) is 0 Å². The third kappa shape index (κ3) is 31.9. The van der Waals surface area contributed by atoms with Crippen LogP contribution in [0.1, 0.15) is 157 Å². The van der Waals surface area contributed by atoms with Crippen molar-refractivity contribution in [3.05, 3.63) is 192 Å². The lowest BCUT2D eigenvalue weighted by Gasteiger charge is -2.26. The molecule has 3 aliphatic heterocycles. The predicted molar refractivity (Wildman–Crippen MR) is 433 cm³/mol. The number of ether oxygens (including phenoxy) is 6. The number of nitrogens with zero attached hydrogens (tertiary/aromatic N) is 12. The van der Waals surface area contributed by atoms with Crippen LogP contribution < -0.4 is 51.4 Å². The van der Waals surface area contributed by atoms with Crippen molar-refractivity contribution >= 4 is 35.8 Å². The number of nitrogens with one attached hydrogen (secondary N) is 4. The summed E-state index contributed by atoms with van der Waals surface area (Å²) in [5.74, 6) is -1.89. The zero-order chi connectivity index (χ0) is 83.3. The van der Waals surface area contributed by atoms with Crippen molar-refractivity contribution in [2.75, 3.05) is 172 Å². The molecule has 624 valence electrons. The Bertz CT molecular complexity index is 4000. The number of hydrogen-bond acceptors (Lipinski definition) is 30. The van der Waals surface area contributed by atoms with Crippen LogP contribution in [0.25, 0.3) is 0 Å². The maximum atomic E-state index is 12.6. The number of amides is 1. The molecule has 10 rings (SSSR count). The lowest BCUT2D eigenvalue weighted by molar-refractivity contribution is -0.256. The number of methoxy groups -OCH3 is 3. The van der Waals surface area contributed by atoms with Crippen LogP contribution in [0.2, 0.25) is 0 Å². The molecule has 9 heterocycles. The molecule has 0 saturated carbocycles. The number of esters is 3. The fraction of sp³-hybridized carbons (Fsp3) is 0.500. The molecule has 3 fully saturated rings. The van der Waals surface area contributed by atoms with Crippen molar-refractivity contribution in [1.82, 2.24) is 80.6 Å². The number of pyridine rings is 6. The van der Waals surface area contributed by atoms with E-state index in [4.69, 9.17) is 34.2 Å². The van der Waals surface area contributed by atoms with E-state index in [1.807, 2.05) is 97.0 Å². The van der Waals surface area contributed by atoms with Crippen molar-refractivity contribution in [3.63, 3.8) is 0 Å². The maximum absolute atomic E-state index is 12.6. The number of hydrogen-bond donors (Lipinski definition) is 5. The van der Waals surface area contributed by atoms with Crippen LogP contribution in [0, 0.1) is 48.5 Å². The third-order valence-corrected chi connectivity index (χ3v) is 18.8. The zero-order valence-corrected chi connectivity index (χ0v) is 69.2. The molecule has 7 aromatic rings. The van der Waals surface area contributed by atoms with E-state index < -0.39 is 29.8 Å². The van der Waals surface area contributed by atoms with E-state index in [1.165, 1.54) is 12.1 Å². The summed E-state index contributed by atoms with van der Waals surface area (Å²) in [6.07, 6.45) is 0. The normalized spacial score (nSPS) is 15.1. The molecule has 0 radical (unpaired) electrons. The molecule has 0 bridgehead atoms. The SMILES string of the molecule is C1CNCCNCCN1.CCOC(=O)c1cc(C)cc(CN2CCN(Cc3cc(C)cc(C(=O)OCC)n3)CCN(Cc3cc(C)cc(C(=O)OCC)n3)CC2)n1.COc1cc(OC)c(C)c(OC)c1.Cc1cc(CN2CCN(Cc3cc(C)cc(C(=O)[O-])n3)CCN(Cc3cc(C)cc(C(=O)NCCN)n3)CC2)nc(C(=O)[O-])c1. The molecule has 31 nitrogen and oxygen atoms in total. The molecule has 1 amide bonds. The second-order valence-electron chi connectivity index (χ2n) is 28.5. The molecule has 0 aliphatic carbocycles. The molecule has 0 unspecified atom stereocenters. The van der Waals surface area contributed by atoms with Crippen LogP contribution in [-0.4, -0.2) is 267 Å². The largest absolute Gasteiger partial charge is 0.543 e. The summed E-state index contributed by atoms with van der Waals surface area (Å²) >= 11 is 0. The summed E-state index contributed by atoms with van der Waals surface area (Å²) in [7, 11) is 4.87. The number of nitrogens with two attached hydrogens (primary N) is 1. The van der Waals surface area contributed by atoms with Gasteiger partial charge in [-0.05, 0) is 175 Å². The Kier molecular flexibility index (Phi) is 38.7.